The van der Waals surface area contributed by atoms with Crippen molar-refractivity contribution in [1.29, 1.82) is 0 Å². The number of likely N-dealkylation sites (tertiary alicyclic amines) is 1. The normalized spacial score (nSPS) is 17.5. The number of aromatic nitrogens is 3. The van der Waals surface area contributed by atoms with E-state index in [1.165, 1.54) is 17.7 Å². The lowest BCUT2D eigenvalue weighted by Gasteiger charge is -2.44. The first-order valence-corrected chi connectivity index (χ1v) is 11.8. The molecule has 0 atom stereocenters. The lowest BCUT2D eigenvalue weighted by molar-refractivity contribution is -0.192. The van der Waals surface area contributed by atoms with Crippen LogP contribution in [-0.2, 0) is 29.0 Å². The van der Waals surface area contributed by atoms with Gasteiger partial charge in [-0.05, 0) is 49.2 Å². The van der Waals surface area contributed by atoms with Gasteiger partial charge in [0.25, 0.3) is 5.91 Å². The molecule has 1 spiro atoms. The topological polar surface area (TPSA) is 110 Å². The summed E-state index contributed by atoms with van der Waals surface area (Å²) in [5, 5.41) is 20.6. The minimum atomic E-state index is -5.08. The Morgan fingerprint density at radius 2 is 1.97 bits per heavy atom. The van der Waals surface area contributed by atoms with Crippen molar-refractivity contribution in [3.8, 4) is 0 Å². The summed E-state index contributed by atoms with van der Waals surface area (Å²) in [5.41, 5.74) is 0.267. The van der Waals surface area contributed by atoms with Gasteiger partial charge in [-0.3, -0.25) is 9.69 Å². The van der Waals surface area contributed by atoms with E-state index < -0.39 is 12.1 Å². The second-order valence-corrected chi connectivity index (χ2v) is 9.47. The monoisotopic (exact) mass is 503 g/mol. The number of nitrogens with zero attached hydrogens (tertiary/aromatic N) is 4. The summed E-state index contributed by atoms with van der Waals surface area (Å²) in [5.74, 6) is -1.52. The highest BCUT2D eigenvalue weighted by atomic mass is 32.1. The van der Waals surface area contributed by atoms with Gasteiger partial charge in [0.2, 0.25) is 5.82 Å². The first-order valence-electron chi connectivity index (χ1n) is 10.9. The summed E-state index contributed by atoms with van der Waals surface area (Å²) in [4.78, 5) is 25.3. The number of aliphatic carboxylic acids is 1. The van der Waals surface area contributed by atoms with Gasteiger partial charge in [-0.1, -0.05) is 6.07 Å². The number of halogens is 3. The molecular weight excluding hydrogens is 475 g/mol. The van der Waals surface area contributed by atoms with Crippen molar-refractivity contribution in [2.75, 3.05) is 33.4 Å². The number of carboxylic acids is 1. The van der Waals surface area contributed by atoms with E-state index in [9.17, 15) is 18.0 Å². The summed E-state index contributed by atoms with van der Waals surface area (Å²) >= 11 is 1.83. The van der Waals surface area contributed by atoms with Crippen molar-refractivity contribution in [2.45, 2.75) is 44.9 Å². The van der Waals surface area contributed by atoms with Crippen molar-refractivity contribution in [2.24, 2.45) is 5.41 Å². The van der Waals surface area contributed by atoms with Crippen LogP contribution >= 0.6 is 11.3 Å². The van der Waals surface area contributed by atoms with Crippen molar-refractivity contribution in [3.05, 3.63) is 34.0 Å². The maximum Gasteiger partial charge on any atom is 0.490 e. The van der Waals surface area contributed by atoms with Crippen LogP contribution in [0.25, 0.3) is 0 Å². The van der Waals surface area contributed by atoms with Crippen LogP contribution in [0.15, 0.2) is 17.5 Å². The fourth-order valence-electron chi connectivity index (χ4n) is 4.21. The molecular formula is C21H28F3N5O4S. The maximum absolute atomic E-state index is 12.5. The first kappa shape index (κ1) is 26.1. The Hall–Kier alpha value is -2.51. The van der Waals surface area contributed by atoms with E-state index in [0.717, 1.165) is 44.8 Å². The molecule has 2 N–H and O–H groups in total. The third-order valence-corrected chi connectivity index (χ3v) is 6.97. The first-order chi connectivity index (χ1) is 16.1. The molecule has 0 aromatic carbocycles. The maximum atomic E-state index is 12.5. The van der Waals surface area contributed by atoms with Gasteiger partial charge in [0.05, 0.1) is 6.61 Å². The number of thiophene rings is 1. The summed E-state index contributed by atoms with van der Waals surface area (Å²) in [7, 11) is 1.62. The molecule has 4 heterocycles. The zero-order valence-electron chi connectivity index (χ0n) is 18.8. The lowest BCUT2D eigenvalue weighted by atomic mass is 9.73. The van der Waals surface area contributed by atoms with Crippen LogP contribution < -0.4 is 5.32 Å². The molecule has 0 radical (unpaired) electrons. The Labute approximate surface area is 198 Å². The van der Waals surface area contributed by atoms with Crippen LogP contribution in [0.4, 0.5) is 13.2 Å². The number of piperidine rings is 1. The smallest absolute Gasteiger partial charge is 0.475 e. The molecule has 9 nitrogen and oxygen atoms in total. The molecule has 0 aliphatic carbocycles. The van der Waals surface area contributed by atoms with E-state index >= 15 is 0 Å². The van der Waals surface area contributed by atoms with Crippen LogP contribution in [-0.4, -0.2) is 76.2 Å². The molecule has 1 fully saturated rings. The van der Waals surface area contributed by atoms with Gasteiger partial charge in [0.15, 0.2) is 0 Å². The molecule has 13 heteroatoms. The number of rotatable bonds is 6. The number of hydrogen-bond donors (Lipinski definition) is 2. The molecule has 1 saturated heterocycles. The predicted molar refractivity (Wildman–Crippen MR) is 118 cm³/mol. The summed E-state index contributed by atoms with van der Waals surface area (Å²) < 4.78 is 38.8. The molecule has 2 aromatic heterocycles. The highest BCUT2D eigenvalue weighted by Crippen LogP contribution is 2.41. The standard InChI is InChI=1S/C19H27N5O2S.C2HF3O2/c1-26-11-8-20-18(25)17-22-21-16-4-5-19(14-24(16)17)6-9-23(10-7-19)13-15-3-2-12-27-15;3-2(4,5)1(6)7/h2-3,12H,4-11,13-14H2,1H3,(H,20,25);(H,6,7). The molecule has 188 valence electrons. The number of carboxylic acid groups (broad SMARTS) is 1. The molecule has 2 aliphatic rings. The quantitative estimate of drug-likeness (QED) is 0.583. The Kier molecular flexibility index (Phi) is 8.66. The Morgan fingerprint density at radius 1 is 1.26 bits per heavy atom. The van der Waals surface area contributed by atoms with Gasteiger partial charge >= 0.3 is 12.1 Å². The number of hydrogen-bond acceptors (Lipinski definition) is 7. The summed E-state index contributed by atoms with van der Waals surface area (Å²) in [6, 6.07) is 4.34. The summed E-state index contributed by atoms with van der Waals surface area (Å²) in [6.07, 6.45) is -0.700. The number of nitrogens with one attached hydrogen (secondary N) is 1. The van der Waals surface area contributed by atoms with Crippen LogP contribution in [0.2, 0.25) is 0 Å². The van der Waals surface area contributed by atoms with E-state index in [1.807, 2.05) is 11.3 Å². The van der Waals surface area contributed by atoms with Gasteiger partial charge in [0, 0.05) is 38.0 Å². The van der Waals surface area contributed by atoms with Gasteiger partial charge < -0.3 is 19.7 Å². The molecule has 0 unspecified atom stereocenters. The Bertz CT molecular complexity index is 956. The lowest BCUT2D eigenvalue weighted by Crippen LogP contribution is -2.44. The van der Waals surface area contributed by atoms with Crippen molar-refractivity contribution >= 4 is 23.2 Å². The van der Waals surface area contributed by atoms with E-state index in [4.69, 9.17) is 14.6 Å². The fourth-order valence-corrected chi connectivity index (χ4v) is 4.95. The fraction of sp³-hybridized carbons (Fsp3) is 0.619. The third-order valence-electron chi connectivity index (χ3n) is 6.11. The zero-order valence-corrected chi connectivity index (χ0v) is 19.6. The van der Waals surface area contributed by atoms with Gasteiger partial charge in [-0.15, -0.1) is 21.5 Å². The van der Waals surface area contributed by atoms with Gasteiger partial charge in [-0.25, -0.2) is 4.79 Å². The zero-order chi connectivity index (χ0) is 24.8. The molecule has 2 aliphatic heterocycles. The van der Waals surface area contributed by atoms with E-state index in [2.05, 4.69) is 42.5 Å². The van der Waals surface area contributed by atoms with Crippen LogP contribution in [0, 0.1) is 5.41 Å². The molecule has 2 aromatic rings. The summed E-state index contributed by atoms with van der Waals surface area (Å²) in [6.45, 7) is 5.13. The minimum absolute atomic E-state index is 0.155. The number of ether oxygens (including phenoxy) is 1. The minimum Gasteiger partial charge on any atom is -0.475 e. The highest BCUT2D eigenvalue weighted by molar-refractivity contribution is 7.09. The highest BCUT2D eigenvalue weighted by Gasteiger charge is 2.40. The van der Waals surface area contributed by atoms with Crippen LogP contribution in [0.3, 0.4) is 0 Å². The number of fused-ring (bicyclic) bond motifs is 1. The number of methoxy groups -OCH3 is 1. The van der Waals surface area contributed by atoms with Crippen molar-refractivity contribution in [1.82, 2.24) is 25.0 Å². The van der Waals surface area contributed by atoms with Gasteiger partial charge in [-0.2, -0.15) is 13.2 Å². The molecule has 4 rings (SSSR count). The Balaban J connectivity index is 0.000000406. The predicted octanol–water partition coefficient (Wildman–Crippen LogP) is 2.58. The van der Waals surface area contributed by atoms with Gasteiger partial charge in [0.1, 0.15) is 5.82 Å². The van der Waals surface area contributed by atoms with Crippen LogP contribution in [0.1, 0.15) is 40.6 Å². The van der Waals surface area contributed by atoms with E-state index in [-0.39, 0.29) is 11.3 Å². The van der Waals surface area contributed by atoms with E-state index in [0.29, 0.717) is 19.0 Å². The number of aryl methyl sites for hydroxylation is 1. The number of amides is 1. The average Bonchev–Trinajstić information content (AvgIpc) is 3.45. The SMILES string of the molecule is COCCNC(=O)c1nnc2n1CC1(CC2)CCN(Cc2cccs2)CC1.O=C(O)C(F)(F)F. The Morgan fingerprint density at radius 3 is 2.56 bits per heavy atom. The average molecular weight is 504 g/mol. The molecule has 34 heavy (non-hydrogen) atoms. The van der Waals surface area contributed by atoms with Crippen LogP contribution in [0.5, 0.6) is 0 Å². The second kappa shape index (κ2) is 11.3. The van der Waals surface area contributed by atoms with Crippen molar-refractivity contribution in [3.63, 3.8) is 0 Å². The molecule has 1 amide bonds. The largest absolute Gasteiger partial charge is 0.490 e. The molecule has 0 bridgehead atoms. The van der Waals surface area contributed by atoms with E-state index in [1.54, 1.807) is 7.11 Å². The third kappa shape index (κ3) is 6.76. The second-order valence-electron chi connectivity index (χ2n) is 8.43. The number of carbonyl (C=O) groups excluding carboxylic acids is 1. The number of alkyl halides is 3. The molecule has 0 saturated carbocycles. The van der Waals surface area contributed by atoms with Crippen molar-refractivity contribution < 1.29 is 32.6 Å². The number of carbonyl (C=O) groups is 2.